The molecule has 620 valence electrons. The summed E-state index contributed by atoms with van der Waals surface area (Å²) in [6.07, 6.45) is 0. The Balaban J connectivity index is 0.000000135. The van der Waals surface area contributed by atoms with Gasteiger partial charge in [-0.25, -0.2) is 0 Å². The van der Waals surface area contributed by atoms with Crippen LogP contribution in [0.25, 0.3) is 239 Å². The van der Waals surface area contributed by atoms with Crippen LogP contribution in [0.15, 0.2) is 437 Å². The first-order chi connectivity index (χ1) is 64.9. The smallest absolute Gasteiger partial charge is 0.0547 e. The summed E-state index contributed by atoms with van der Waals surface area (Å²) >= 11 is 3.86. The molecule has 0 radical (unpaired) electrons. The maximum Gasteiger partial charge on any atom is 0.0547 e. The molecule has 6 heterocycles. The van der Waals surface area contributed by atoms with Crippen molar-refractivity contribution >= 4 is 150 Å². The van der Waals surface area contributed by atoms with Gasteiger partial charge in [-0.3, -0.25) is 0 Å². The summed E-state index contributed by atoms with van der Waals surface area (Å²) in [4.78, 5) is 0. The maximum atomic E-state index is 2.50. The van der Waals surface area contributed by atoms with E-state index in [9.17, 15) is 0 Å². The second-order valence-corrected chi connectivity index (χ2v) is 39.1. The highest BCUT2D eigenvalue weighted by Crippen LogP contribution is 2.58. The zero-order chi connectivity index (χ0) is 87.3. The molecule has 132 heavy (non-hydrogen) atoms. The van der Waals surface area contributed by atoms with Crippen molar-refractivity contribution in [2.24, 2.45) is 0 Å². The first-order valence-corrected chi connectivity index (χ1v) is 47.5. The van der Waals surface area contributed by atoms with Crippen LogP contribution in [0.5, 0.6) is 0 Å². The molecule has 26 aromatic rings. The minimum absolute atomic E-state index is 0.135. The molecule has 0 fully saturated rings. The van der Waals surface area contributed by atoms with Crippen LogP contribution in [-0.4, -0.2) is 18.3 Å². The first kappa shape index (κ1) is 76.1. The number of hydrogen-bond acceptors (Lipinski definition) is 2. The zero-order valence-electron chi connectivity index (χ0n) is 73.2. The molecule has 28 rings (SSSR count). The van der Waals surface area contributed by atoms with Gasteiger partial charge in [-0.05, 0) is 234 Å². The van der Waals surface area contributed by atoms with E-state index in [2.05, 4.69) is 483 Å². The van der Waals surface area contributed by atoms with Crippen LogP contribution in [0.3, 0.4) is 0 Å². The summed E-state index contributed by atoms with van der Waals surface area (Å²) in [6, 6.07) is 162. The molecule has 0 amide bonds. The third-order valence-corrected chi connectivity index (χ3v) is 31.4. The quantitative estimate of drug-likeness (QED) is 0.130. The molecule has 0 N–H and O–H groups in total. The standard InChI is InChI=1S/2C63H42N2S/c1-63(2)54-31-30-51-50-21-11-14-24-60(50)66-62(51)61(54)52-29-27-45(38-55(52)63)64-57-23-13-10-20-48(57)53-36-41(26-32-58(53)64)42-25-28-49-47-19-9-12-22-56(47)65(59(49)37-42)46-34-43(39-15-5-3-6-16-39)33-44(35-46)40-17-7-4-8-18-40;1-63(2)54-31-30-51-50-21-11-14-24-60(50)66-62(51)61(54)52-29-27-45(38-55(52)63)64-56-22-12-9-19-47(56)49-28-25-42(37-59(49)64)41-26-32-58-53(36-41)48-20-10-13-23-57(48)65(58)46-34-43(39-15-5-3-6-16-39)33-44(35-46)40-17-7-4-8-18-40/h2*3-38H,1-2H3. The first-order valence-electron chi connectivity index (χ1n) is 45.8. The van der Waals surface area contributed by atoms with Gasteiger partial charge in [-0.2, -0.15) is 0 Å². The van der Waals surface area contributed by atoms with Crippen LogP contribution in [0.1, 0.15) is 49.9 Å². The number of nitrogens with zero attached hydrogens (tertiary/aromatic N) is 4. The molecule has 6 heteroatoms. The van der Waals surface area contributed by atoms with Crippen LogP contribution in [-0.2, 0) is 10.8 Å². The Morgan fingerprint density at radius 1 is 0.167 bits per heavy atom. The molecule has 0 atom stereocenters. The Bertz CT molecular complexity index is 9210. The number of benzene rings is 20. The summed E-state index contributed by atoms with van der Waals surface area (Å²) in [6.45, 7) is 9.61. The van der Waals surface area contributed by atoms with Gasteiger partial charge in [0.15, 0.2) is 0 Å². The average molecular weight is 1720 g/mol. The predicted molar refractivity (Wildman–Crippen MR) is 564 cm³/mol. The molecule has 4 nitrogen and oxygen atoms in total. The number of thiophene rings is 2. The molecule has 20 aromatic carbocycles. The lowest BCUT2D eigenvalue weighted by atomic mass is 9.82. The van der Waals surface area contributed by atoms with Gasteiger partial charge in [0, 0.05) is 128 Å². The Morgan fingerprint density at radius 2 is 0.447 bits per heavy atom. The number of aromatic nitrogens is 4. The van der Waals surface area contributed by atoms with Gasteiger partial charge in [-0.1, -0.05) is 331 Å². The van der Waals surface area contributed by atoms with Crippen molar-refractivity contribution in [2.75, 3.05) is 0 Å². The third-order valence-electron chi connectivity index (χ3n) is 29.0. The summed E-state index contributed by atoms with van der Waals surface area (Å²) in [7, 11) is 0. The molecule has 2 aliphatic carbocycles. The zero-order valence-corrected chi connectivity index (χ0v) is 74.8. The molecule has 0 bridgehead atoms. The predicted octanol–water partition coefficient (Wildman–Crippen LogP) is 35.1. The molecule has 0 unspecified atom stereocenters. The minimum Gasteiger partial charge on any atom is -0.309 e. The molecule has 0 aliphatic heterocycles. The van der Waals surface area contributed by atoms with Crippen LogP contribution in [0.4, 0.5) is 0 Å². The van der Waals surface area contributed by atoms with E-state index in [4.69, 9.17) is 0 Å². The van der Waals surface area contributed by atoms with Gasteiger partial charge in [0.2, 0.25) is 0 Å². The van der Waals surface area contributed by atoms with E-state index in [0.29, 0.717) is 0 Å². The van der Waals surface area contributed by atoms with Crippen molar-refractivity contribution < 1.29 is 0 Å². The fraction of sp³-hybridized carbons (Fsp3) is 0.0476. The Morgan fingerprint density at radius 3 is 0.826 bits per heavy atom. The van der Waals surface area contributed by atoms with Gasteiger partial charge < -0.3 is 18.3 Å². The van der Waals surface area contributed by atoms with Crippen molar-refractivity contribution in [1.82, 2.24) is 18.3 Å². The summed E-state index contributed by atoms with van der Waals surface area (Å²) in [5, 5.41) is 15.4. The van der Waals surface area contributed by atoms with Crippen LogP contribution < -0.4 is 0 Å². The Hall–Kier alpha value is -16.0. The average Bonchev–Trinajstić information content (AvgIpc) is 1.55. The van der Waals surface area contributed by atoms with E-state index in [-0.39, 0.29) is 10.8 Å². The van der Waals surface area contributed by atoms with Crippen molar-refractivity contribution in [3.05, 3.63) is 459 Å². The number of hydrogen-bond donors (Lipinski definition) is 0. The van der Waals surface area contributed by atoms with Crippen LogP contribution >= 0.6 is 22.7 Å². The van der Waals surface area contributed by atoms with Crippen molar-refractivity contribution in [1.29, 1.82) is 0 Å². The normalized spacial score (nSPS) is 13.1. The lowest BCUT2D eigenvalue weighted by Gasteiger charge is -2.22. The van der Waals surface area contributed by atoms with Crippen molar-refractivity contribution in [3.8, 4) is 112 Å². The number of rotatable bonds is 10. The second kappa shape index (κ2) is 29.3. The summed E-state index contributed by atoms with van der Waals surface area (Å²) in [5.74, 6) is 0. The molecular weight excluding hydrogens is 1630 g/mol. The van der Waals surface area contributed by atoms with Crippen LogP contribution in [0.2, 0.25) is 0 Å². The van der Waals surface area contributed by atoms with E-state index in [1.165, 1.54) is 250 Å². The summed E-state index contributed by atoms with van der Waals surface area (Å²) in [5.41, 5.74) is 39.5. The lowest BCUT2D eigenvalue weighted by Crippen LogP contribution is -2.15. The van der Waals surface area contributed by atoms with E-state index in [0.717, 1.165) is 11.4 Å². The van der Waals surface area contributed by atoms with E-state index < -0.39 is 0 Å². The number of fused-ring (bicyclic) bond motifs is 26. The molecule has 0 spiro atoms. The van der Waals surface area contributed by atoms with Gasteiger partial charge >= 0.3 is 0 Å². The topological polar surface area (TPSA) is 19.7 Å². The monoisotopic (exact) mass is 1720 g/mol. The highest BCUT2D eigenvalue weighted by atomic mass is 32.1. The molecule has 2 aliphatic rings. The molecule has 0 saturated heterocycles. The Labute approximate surface area is 771 Å². The van der Waals surface area contributed by atoms with Gasteiger partial charge in [0.05, 0.1) is 44.1 Å². The minimum atomic E-state index is -0.143. The van der Waals surface area contributed by atoms with Crippen molar-refractivity contribution in [2.45, 2.75) is 38.5 Å². The molecule has 0 saturated carbocycles. The fourth-order valence-corrected chi connectivity index (χ4v) is 25.2. The SMILES string of the molecule is CC1(C)c2cc(-n3c4ccccc4c4cc(-c5ccc6c7ccccc7n(-c7cc(-c8ccccc8)cc(-c8ccccc8)c7)c6c5)ccc43)ccc2-c2c1ccc1c2sc2ccccc21.CC1(C)c2cc(-n3c4ccccc4c4ccc(-c5ccc6c(c5)c5ccccc5n6-c5cc(-c6ccccc6)cc(-c6ccccc6)c5)cc43)ccc2-c2c1ccc1c2sc2ccccc21. The highest BCUT2D eigenvalue weighted by Gasteiger charge is 2.40. The van der Waals surface area contributed by atoms with Crippen molar-refractivity contribution in [3.63, 3.8) is 0 Å². The summed E-state index contributed by atoms with van der Waals surface area (Å²) < 4.78 is 15.4. The van der Waals surface area contributed by atoms with E-state index in [1.807, 2.05) is 22.7 Å². The third kappa shape index (κ3) is 11.6. The van der Waals surface area contributed by atoms with Crippen LogP contribution in [0, 0.1) is 0 Å². The Kier molecular flexibility index (Phi) is 16.9. The number of para-hydroxylation sites is 4. The van der Waals surface area contributed by atoms with Gasteiger partial charge in [0.25, 0.3) is 0 Å². The van der Waals surface area contributed by atoms with E-state index >= 15 is 0 Å². The molecule has 6 aromatic heterocycles. The fourth-order valence-electron chi connectivity index (χ4n) is 22.6. The molecular formula is C126H84N4S2. The maximum absolute atomic E-state index is 2.50. The highest BCUT2D eigenvalue weighted by molar-refractivity contribution is 7.26. The van der Waals surface area contributed by atoms with Gasteiger partial charge in [-0.15, -0.1) is 22.7 Å². The van der Waals surface area contributed by atoms with E-state index in [1.54, 1.807) is 0 Å². The second-order valence-electron chi connectivity index (χ2n) is 37.0. The lowest BCUT2D eigenvalue weighted by molar-refractivity contribution is 0.660. The van der Waals surface area contributed by atoms with Gasteiger partial charge in [0.1, 0.15) is 0 Å². The largest absolute Gasteiger partial charge is 0.309 e.